The third-order valence-electron chi connectivity index (χ3n) is 1.28. The monoisotopic (exact) mass is 161 g/mol. The van der Waals surface area contributed by atoms with Crippen molar-refractivity contribution in [1.29, 1.82) is 0 Å². The summed E-state index contributed by atoms with van der Waals surface area (Å²) in [6.45, 7) is 10.5. The fourth-order valence-electron chi connectivity index (χ4n) is 0.665. The van der Waals surface area contributed by atoms with Gasteiger partial charge in [-0.25, -0.2) is 0 Å². The van der Waals surface area contributed by atoms with Crippen molar-refractivity contribution < 1.29 is 4.43 Å². The van der Waals surface area contributed by atoms with E-state index in [0.29, 0.717) is 0 Å². The maximum absolute atomic E-state index is 5.71. The number of nitrogens with two attached hydrogens (primary N) is 1. The van der Waals surface area contributed by atoms with E-state index >= 15 is 0 Å². The van der Waals surface area contributed by atoms with Gasteiger partial charge in [0.05, 0.1) is 6.10 Å². The van der Waals surface area contributed by atoms with Crippen molar-refractivity contribution in [3.05, 3.63) is 0 Å². The van der Waals surface area contributed by atoms with E-state index in [1.54, 1.807) is 0 Å². The van der Waals surface area contributed by atoms with Crippen molar-refractivity contribution in [2.45, 2.75) is 45.6 Å². The van der Waals surface area contributed by atoms with Gasteiger partial charge in [0.15, 0.2) is 8.32 Å². The highest BCUT2D eigenvalue weighted by molar-refractivity contribution is 6.69. The SMILES string of the molecule is C[C@H](N)[C@H](C)O[Si](C)(C)C. The van der Waals surface area contributed by atoms with Crippen molar-refractivity contribution in [3.8, 4) is 0 Å². The van der Waals surface area contributed by atoms with Gasteiger partial charge in [0.1, 0.15) is 0 Å². The van der Waals surface area contributed by atoms with Crippen molar-refractivity contribution in [3.63, 3.8) is 0 Å². The van der Waals surface area contributed by atoms with Gasteiger partial charge in [0.2, 0.25) is 0 Å². The fourth-order valence-corrected chi connectivity index (χ4v) is 2.00. The van der Waals surface area contributed by atoms with E-state index in [-0.39, 0.29) is 12.1 Å². The molecule has 0 heterocycles. The second-order valence-electron chi connectivity index (χ2n) is 3.79. The Morgan fingerprint density at radius 2 is 1.60 bits per heavy atom. The minimum Gasteiger partial charge on any atom is -0.413 e. The largest absolute Gasteiger partial charge is 0.413 e. The molecule has 2 atom stereocenters. The molecule has 0 aliphatic heterocycles. The van der Waals surface area contributed by atoms with Crippen LogP contribution in [0.4, 0.5) is 0 Å². The molecule has 0 radical (unpaired) electrons. The lowest BCUT2D eigenvalue weighted by Crippen LogP contribution is -2.39. The van der Waals surface area contributed by atoms with Crippen LogP contribution in [0.25, 0.3) is 0 Å². The molecule has 0 spiro atoms. The molecule has 0 aromatic carbocycles. The summed E-state index contributed by atoms with van der Waals surface area (Å²) < 4.78 is 5.71. The summed E-state index contributed by atoms with van der Waals surface area (Å²) in [6.07, 6.45) is 0.201. The van der Waals surface area contributed by atoms with Crippen LogP contribution in [0, 0.1) is 0 Å². The average molecular weight is 161 g/mol. The third kappa shape index (κ3) is 4.96. The first-order chi connectivity index (χ1) is 4.33. The zero-order valence-electron chi connectivity index (χ0n) is 7.64. The Balaban J connectivity index is 3.68. The first-order valence-electron chi connectivity index (χ1n) is 3.76. The number of hydrogen-bond donors (Lipinski definition) is 1. The molecule has 0 saturated carbocycles. The minimum absolute atomic E-state index is 0.145. The average Bonchev–Trinajstić information content (AvgIpc) is 1.60. The lowest BCUT2D eigenvalue weighted by molar-refractivity contribution is 0.189. The van der Waals surface area contributed by atoms with E-state index < -0.39 is 8.32 Å². The fraction of sp³-hybridized carbons (Fsp3) is 1.00. The molecule has 0 rings (SSSR count). The molecule has 62 valence electrons. The van der Waals surface area contributed by atoms with Gasteiger partial charge < -0.3 is 10.2 Å². The summed E-state index contributed by atoms with van der Waals surface area (Å²) in [5.41, 5.74) is 5.64. The second kappa shape index (κ2) is 3.51. The van der Waals surface area contributed by atoms with Gasteiger partial charge in [-0.05, 0) is 33.5 Å². The van der Waals surface area contributed by atoms with Crippen LogP contribution in [0.1, 0.15) is 13.8 Å². The Morgan fingerprint density at radius 3 is 1.70 bits per heavy atom. The molecule has 2 nitrogen and oxygen atoms in total. The molecular weight excluding hydrogens is 142 g/mol. The Morgan fingerprint density at radius 1 is 1.20 bits per heavy atom. The van der Waals surface area contributed by atoms with Crippen LogP contribution in [0.5, 0.6) is 0 Å². The number of rotatable bonds is 3. The van der Waals surface area contributed by atoms with Gasteiger partial charge in [0, 0.05) is 6.04 Å². The summed E-state index contributed by atoms with van der Waals surface area (Å²) in [5.74, 6) is 0. The quantitative estimate of drug-likeness (QED) is 0.638. The van der Waals surface area contributed by atoms with Crippen LogP contribution >= 0.6 is 0 Å². The molecular formula is C7H19NOSi. The summed E-state index contributed by atoms with van der Waals surface area (Å²) >= 11 is 0. The molecule has 0 amide bonds. The summed E-state index contributed by atoms with van der Waals surface area (Å²) in [7, 11) is -1.36. The molecule has 0 aromatic rings. The van der Waals surface area contributed by atoms with E-state index in [2.05, 4.69) is 19.6 Å². The smallest absolute Gasteiger partial charge is 0.184 e. The zero-order valence-corrected chi connectivity index (χ0v) is 8.64. The molecule has 0 fully saturated rings. The van der Waals surface area contributed by atoms with E-state index in [1.807, 2.05) is 13.8 Å². The zero-order chi connectivity index (χ0) is 8.36. The Labute approximate surface area is 64.9 Å². The van der Waals surface area contributed by atoms with E-state index in [0.717, 1.165) is 0 Å². The van der Waals surface area contributed by atoms with Gasteiger partial charge in [-0.3, -0.25) is 0 Å². The predicted molar refractivity (Wildman–Crippen MR) is 47.5 cm³/mol. The van der Waals surface area contributed by atoms with Crippen molar-refractivity contribution >= 4 is 8.32 Å². The molecule has 0 aliphatic carbocycles. The highest BCUT2D eigenvalue weighted by Gasteiger charge is 2.19. The lowest BCUT2D eigenvalue weighted by atomic mass is 10.2. The van der Waals surface area contributed by atoms with E-state index in [1.165, 1.54) is 0 Å². The number of hydrogen-bond acceptors (Lipinski definition) is 2. The van der Waals surface area contributed by atoms with Crippen LogP contribution in [0.3, 0.4) is 0 Å². The molecule has 10 heavy (non-hydrogen) atoms. The Kier molecular flexibility index (Phi) is 3.55. The molecule has 0 bridgehead atoms. The normalized spacial score (nSPS) is 18.6. The van der Waals surface area contributed by atoms with Gasteiger partial charge in [0.25, 0.3) is 0 Å². The highest BCUT2D eigenvalue weighted by Crippen LogP contribution is 2.08. The maximum atomic E-state index is 5.71. The van der Waals surface area contributed by atoms with Crippen LogP contribution in [-0.4, -0.2) is 20.5 Å². The standard InChI is InChI=1S/C7H19NOSi/c1-6(8)7(2)9-10(3,4)5/h6-7H,8H2,1-5H3/t6-,7-/m0/s1. The van der Waals surface area contributed by atoms with Crippen LogP contribution in [0.15, 0.2) is 0 Å². The molecule has 0 aliphatic rings. The van der Waals surface area contributed by atoms with Crippen LogP contribution in [-0.2, 0) is 4.43 Å². The topological polar surface area (TPSA) is 35.2 Å². The van der Waals surface area contributed by atoms with Crippen molar-refractivity contribution in [1.82, 2.24) is 0 Å². The molecule has 0 unspecified atom stereocenters. The molecule has 0 saturated heterocycles. The first-order valence-corrected chi connectivity index (χ1v) is 7.17. The van der Waals surface area contributed by atoms with Gasteiger partial charge >= 0.3 is 0 Å². The highest BCUT2D eigenvalue weighted by atomic mass is 28.4. The molecule has 2 N–H and O–H groups in total. The summed E-state index contributed by atoms with van der Waals surface area (Å²) in [5, 5.41) is 0. The maximum Gasteiger partial charge on any atom is 0.184 e. The van der Waals surface area contributed by atoms with Gasteiger partial charge in [-0.1, -0.05) is 0 Å². The second-order valence-corrected chi connectivity index (χ2v) is 8.25. The third-order valence-corrected chi connectivity index (χ3v) is 2.36. The van der Waals surface area contributed by atoms with Crippen LogP contribution in [0.2, 0.25) is 19.6 Å². The molecule has 3 heteroatoms. The van der Waals surface area contributed by atoms with E-state index in [4.69, 9.17) is 10.2 Å². The lowest BCUT2D eigenvalue weighted by Gasteiger charge is -2.25. The minimum atomic E-state index is -1.36. The Hall–Kier alpha value is 0.137. The first kappa shape index (κ1) is 10.1. The van der Waals surface area contributed by atoms with Crippen molar-refractivity contribution in [2.24, 2.45) is 5.73 Å². The van der Waals surface area contributed by atoms with Gasteiger partial charge in [-0.15, -0.1) is 0 Å². The predicted octanol–water partition coefficient (Wildman–Crippen LogP) is 1.57. The summed E-state index contributed by atoms with van der Waals surface area (Å²) in [4.78, 5) is 0. The van der Waals surface area contributed by atoms with Crippen molar-refractivity contribution in [2.75, 3.05) is 0 Å². The Bertz CT molecular complexity index is 98.3. The summed E-state index contributed by atoms with van der Waals surface area (Å²) in [6, 6.07) is 0.145. The van der Waals surface area contributed by atoms with E-state index in [9.17, 15) is 0 Å². The molecule has 0 aromatic heterocycles. The van der Waals surface area contributed by atoms with Crippen LogP contribution < -0.4 is 5.73 Å². The van der Waals surface area contributed by atoms with Gasteiger partial charge in [-0.2, -0.15) is 0 Å².